The van der Waals surface area contributed by atoms with Gasteiger partial charge in [-0.1, -0.05) is 62.7 Å². The van der Waals surface area contributed by atoms with Crippen LogP contribution >= 0.6 is 0 Å². The van der Waals surface area contributed by atoms with Crippen LogP contribution in [0.5, 0.6) is 5.75 Å². The summed E-state index contributed by atoms with van der Waals surface area (Å²) in [5.41, 5.74) is 3.91. The highest BCUT2D eigenvalue weighted by Crippen LogP contribution is 2.28. The Bertz CT molecular complexity index is 785. The third-order valence-corrected chi connectivity index (χ3v) is 5.63. The van der Waals surface area contributed by atoms with Crippen molar-refractivity contribution >= 4 is 5.91 Å². The van der Waals surface area contributed by atoms with Crippen molar-refractivity contribution < 1.29 is 9.53 Å². The van der Waals surface area contributed by atoms with Crippen LogP contribution in [-0.2, 0) is 10.2 Å². The Morgan fingerprint density at radius 1 is 1.03 bits per heavy atom. The van der Waals surface area contributed by atoms with Gasteiger partial charge < -0.3 is 10.1 Å². The summed E-state index contributed by atoms with van der Waals surface area (Å²) in [4.78, 5) is 14.8. The molecule has 2 aromatic rings. The number of aryl methyl sites for hydroxylation is 1. The number of amides is 1. The Hall–Kier alpha value is -2.33. The van der Waals surface area contributed by atoms with E-state index in [9.17, 15) is 4.79 Å². The second kappa shape index (κ2) is 9.45. The summed E-state index contributed by atoms with van der Waals surface area (Å²) < 4.78 is 5.61. The Balaban J connectivity index is 1.60. The maximum Gasteiger partial charge on any atom is 0.258 e. The molecule has 0 bridgehead atoms. The van der Waals surface area contributed by atoms with Crippen LogP contribution < -0.4 is 10.1 Å². The first kappa shape index (κ1) is 21.4. The van der Waals surface area contributed by atoms with Crippen molar-refractivity contribution in [1.29, 1.82) is 0 Å². The number of nitrogens with zero attached hydrogens (tertiary/aromatic N) is 1. The fraction of sp³-hybridized carbons (Fsp3) is 0.480. The van der Waals surface area contributed by atoms with Gasteiger partial charge in [-0.25, -0.2) is 0 Å². The van der Waals surface area contributed by atoms with Gasteiger partial charge in [0.15, 0.2) is 6.61 Å². The molecule has 0 spiro atoms. The van der Waals surface area contributed by atoms with Crippen molar-refractivity contribution in [3.63, 3.8) is 0 Å². The molecule has 2 aromatic carbocycles. The molecule has 0 aromatic heterocycles. The number of hydrogen-bond acceptors (Lipinski definition) is 3. The quantitative estimate of drug-likeness (QED) is 0.745. The predicted molar refractivity (Wildman–Crippen MR) is 118 cm³/mol. The highest BCUT2D eigenvalue weighted by Gasteiger charge is 2.24. The molecule has 0 radical (unpaired) electrons. The summed E-state index contributed by atoms with van der Waals surface area (Å²) in [6.07, 6.45) is 2.45. The topological polar surface area (TPSA) is 41.6 Å². The first-order valence-corrected chi connectivity index (χ1v) is 10.6. The molecule has 1 heterocycles. The van der Waals surface area contributed by atoms with E-state index in [2.05, 4.69) is 55.3 Å². The van der Waals surface area contributed by atoms with Gasteiger partial charge in [0.05, 0.1) is 6.04 Å². The van der Waals surface area contributed by atoms with E-state index in [1.165, 1.54) is 29.5 Å². The molecule has 0 saturated carbocycles. The highest BCUT2D eigenvalue weighted by molar-refractivity contribution is 5.77. The Kier molecular flexibility index (Phi) is 6.96. The molecule has 29 heavy (non-hydrogen) atoms. The summed E-state index contributed by atoms with van der Waals surface area (Å²) in [6, 6.07) is 16.8. The van der Waals surface area contributed by atoms with Crippen LogP contribution in [0.2, 0.25) is 0 Å². The molecule has 156 valence electrons. The normalized spacial score (nSPS) is 15.9. The summed E-state index contributed by atoms with van der Waals surface area (Å²) in [5.74, 6) is 0.640. The minimum Gasteiger partial charge on any atom is -0.484 e. The molecule has 4 heteroatoms. The highest BCUT2D eigenvalue weighted by atomic mass is 16.5. The SMILES string of the molecule is Cc1ccc(OCC(=O)NC[C@@H](c2ccc(C(C)(C)C)cc2)N2CCCC2)cc1. The zero-order chi connectivity index (χ0) is 20.9. The van der Waals surface area contributed by atoms with E-state index in [0.29, 0.717) is 6.54 Å². The van der Waals surface area contributed by atoms with E-state index >= 15 is 0 Å². The van der Waals surface area contributed by atoms with Crippen molar-refractivity contribution in [2.75, 3.05) is 26.2 Å². The molecule has 1 amide bonds. The number of carbonyl (C=O) groups is 1. The third-order valence-electron chi connectivity index (χ3n) is 5.63. The smallest absolute Gasteiger partial charge is 0.258 e. The van der Waals surface area contributed by atoms with Gasteiger partial charge in [0.25, 0.3) is 5.91 Å². The standard InChI is InChI=1S/C25H34N2O2/c1-19-7-13-22(14-8-19)29-18-24(28)26-17-23(27-15-5-6-16-27)20-9-11-21(12-10-20)25(2,3)4/h7-14,23H,5-6,15-18H2,1-4H3,(H,26,28)/t23-/m0/s1. The van der Waals surface area contributed by atoms with Crippen LogP contribution in [0.3, 0.4) is 0 Å². The lowest BCUT2D eigenvalue weighted by Crippen LogP contribution is -2.38. The largest absolute Gasteiger partial charge is 0.484 e. The van der Waals surface area contributed by atoms with E-state index in [4.69, 9.17) is 4.74 Å². The minimum atomic E-state index is -0.0823. The zero-order valence-electron chi connectivity index (χ0n) is 18.2. The molecule has 3 rings (SSSR count). The average molecular weight is 395 g/mol. The van der Waals surface area contributed by atoms with Crippen LogP contribution in [0, 0.1) is 6.92 Å². The van der Waals surface area contributed by atoms with Crippen LogP contribution in [0.25, 0.3) is 0 Å². The van der Waals surface area contributed by atoms with Gasteiger partial charge in [-0.15, -0.1) is 0 Å². The van der Waals surface area contributed by atoms with Crippen molar-refractivity contribution in [1.82, 2.24) is 10.2 Å². The number of carbonyl (C=O) groups excluding carboxylic acids is 1. The molecule has 0 aliphatic carbocycles. The lowest BCUT2D eigenvalue weighted by atomic mass is 9.86. The number of nitrogens with one attached hydrogen (secondary N) is 1. The minimum absolute atomic E-state index is 0.0404. The van der Waals surface area contributed by atoms with Crippen LogP contribution in [0.4, 0.5) is 0 Å². The molecular formula is C25H34N2O2. The van der Waals surface area contributed by atoms with Gasteiger partial charge in [0.2, 0.25) is 0 Å². The average Bonchev–Trinajstić information content (AvgIpc) is 3.22. The molecular weight excluding hydrogens is 360 g/mol. The van der Waals surface area contributed by atoms with Crippen molar-refractivity contribution in [2.45, 2.75) is 52.0 Å². The van der Waals surface area contributed by atoms with Crippen LogP contribution in [0.1, 0.15) is 56.3 Å². The fourth-order valence-corrected chi connectivity index (χ4v) is 3.76. The number of likely N-dealkylation sites (tertiary alicyclic amines) is 1. The summed E-state index contributed by atoms with van der Waals surface area (Å²) in [5, 5.41) is 3.08. The molecule has 1 aliphatic rings. The van der Waals surface area contributed by atoms with Gasteiger partial charge in [0, 0.05) is 6.54 Å². The summed E-state index contributed by atoms with van der Waals surface area (Å²) >= 11 is 0. The van der Waals surface area contributed by atoms with Gasteiger partial charge in [0.1, 0.15) is 5.75 Å². The Morgan fingerprint density at radius 2 is 1.66 bits per heavy atom. The molecule has 1 saturated heterocycles. The monoisotopic (exact) mass is 394 g/mol. The summed E-state index contributed by atoms with van der Waals surface area (Å²) in [6.45, 7) is 11.5. The van der Waals surface area contributed by atoms with E-state index in [1.54, 1.807) is 0 Å². The van der Waals surface area contributed by atoms with Crippen molar-refractivity contribution in [3.05, 3.63) is 65.2 Å². The molecule has 4 nitrogen and oxygen atoms in total. The number of rotatable bonds is 7. The fourth-order valence-electron chi connectivity index (χ4n) is 3.76. The maximum absolute atomic E-state index is 12.4. The maximum atomic E-state index is 12.4. The number of ether oxygens (including phenoxy) is 1. The molecule has 1 N–H and O–H groups in total. The molecule has 0 unspecified atom stereocenters. The van der Waals surface area contributed by atoms with Crippen molar-refractivity contribution in [3.8, 4) is 5.75 Å². The Labute approximate surface area is 175 Å². The lowest BCUT2D eigenvalue weighted by Gasteiger charge is -2.29. The molecule has 1 aliphatic heterocycles. The van der Waals surface area contributed by atoms with E-state index < -0.39 is 0 Å². The second-order valence-electron chi connectivity index (χ2n) is 9.04. The zero-order valence-corrected chi connectivity index (χ0v) is 18.2. The summed E-state index contributed by atoms with van der Waals surface area (Å²) in [7, 11) is 0. The van der Waals surface area contributed by atoms with Gasteiger partial charge in [-0.3, -0.25) is 9.69 Å². The second-order valence-corrected chi connectivity index (χ2v) is 9.04. The number of benzene rings is 2. The first-order chi connectivity index (χ1) is 13.8. The van der Waals surface area contributed by atoms with Gasteiger partial charge >= 0.3 is 0 Å². The van der Waals surface area contributed by atoms with E-state index in [-0.39, 0.29) is 24.0 Å². The van der Waals surface area contributed by atoms with E-state index in [1.807, 2.05) is 31.2 Å². The van der Waals surface area contributed by atoms with Gasteiger partial charge in [-0.2, -0.15) is 0 Å². The van der Waals surface area contributed by atoms with Gasteiger partial charge in [-0.05, 0) is 61.5 Å². The van der Waals surface area contributed by atoms with E-state index in [0.717, 1.165) is 18.8 Å². The van der Waals surface area contributed by atoms with Crippen LogP contribution in [-0.4, -0.2) is 37.0 Å². The lowest BCUT2D eigenvalue weighted by molar-refractivity contribution is -0.123. The first-order valence-electron chi connectivity index (χ1n) is 10.6. The van der Waals surface area contributed by atoms with Crippen molar-refractivity contribution in [2.24, 2.45) is 0 Å². The molecule has 1 fully saturated rings. The number of hydrogen-bond donors (Lipinski definition) is 1. The Morgan fingerprint density at radius 3 is 2.24 bits per heavy atom. The predicted octanol–water partition coefficient (Wildman–Crippen LogP) is 4.62. The van der Waals surface area contributed by atoms with Crippen LogP contribution in [0.15, 0.2) is 48.5 Å². The molecule has 1 atom stereocenters. The third kappa shape index (κ3) is 6.07.